The summed E-state index contributed by atoms with van der Waals surface area (Å²) < 4.78 is 0. The summed E-state index contributed by atoms with van der Waals surface area (Å²) in [5.74, 6) is 0. The predicted octanol–water partition coefficient (Wildman–Crippen LogP) is 3.02. The summed E-state index contributed by atoms with van der Waals surface area (Å²) in [5.41, 5.74) is 2.25. The highest BCUT2D eigenvalue weighted by Gasteiger charge is 2.10. The van der Waals surface area contributed by atoms with Crippen LogP contribution in [0.3, 0.4) is 0 Å². The van der Waals surface area contributed by atoms with E-state index in [1.54, 1.807) is 17.7 Å². The fourth-order valence-corrected chi connectivity index (χ4v) is 2.61. The van der Waals surface area contributed by atoms with E-state index in [2.05, 4.69) is 46.6 Å². The maximum absolute atomic E-state index is 4.29. The molecular formula is C12H17N3S. The molecular weight excluding hydrogens is 218 g/mol. The second-order valence-corrected chi connectivity index (χ2v) is 4.81. The van der Waals surface area contributed by atoms with E-state index in [0.29, 0.717) is 6.04 Å². The molecule has 0 aromatic carbocycles. The van der Waals surface area contributed by atoms with Crippen molar-refractivity contribution in [3.8, 4) is 0 Å². The van der Waals surface area contributed by atoms with E-state index in [-0.39, 0.29) is 0 Å². The lowest BCUT2D eigenvalue weighted by atomic mass is 10.2. The van der Waals surface area contributed by atoms with Crippen LogP contribution < -0.4 is 5.32 Å². The third-order valence-electron chi connectivity index (χ3n) is 2.75. The van der Waals surface area contributed by atoms with Crippen molar-refractivity contribution in [2.75, 3.05) is 0 Å². The summed E-state index contributed by atoms with van der Waals surface area (Å²) in [4.78, 5) is 8.78. The normalized spacial score (nSPS) is 12.9. The largest absolute Gasteiger partial charge is 0.348 e. The second kappa shape index (κ2) is 5.27. The Labute approximate surface area is 99.9 Å². The van der Waals surface area contributed by atoms with Gasteiger partial charge in [0.2, 0.25) is 0 Å². The summed E-state index contributed by atoms with van der Waals surface area (Å²) >= 11 is 1.81. The molecule has 0 saturated heterocycles. The zero-order valence-corrected chi connectivity index (χ0v) is 10.5. The summed E-state index contributed by atoms with van der Waals surface area (Å²) in [7, 11) is 0. The average molecular weight is 235 g/mol. The molecule has 2 aromatic rings. The van der Waals surface area contributed by atoms with E-state index in [1.165, 1.54) is 4.88 Å². The molecule has 86 valence electrons. The Kier molecular flexibility index (Phi) is 3.74. The quantitative estimate of drug-likeness (QED) is 0.836. The van der Waals surface area contributed by atoms with Crippen molar-refractivity contribution in [2.24, 2.45) is 0 Å². The molecule has 2 rings (SSSR count). The number of aromatic nitrogens is 2. The van der Waals surface area contributed by atoms with Gasteiger partial charge in [-0.3, -0.25) is 0 Å². The minimum Gasteiger partial charge on any atom is -0.348 e. The molecule has 0 saturated carbocycles. The molecule has 4 heteroatoms. The number of rotatable bonds is 5. The van der Waals surface area contributed by atoms with Gasteiger partial charge in [0.05, 0.1) is 12.0 Å². The molecule has 0 radical (unpaired) electrons. The van der Waals surface area contributed by atoms with Gasteiger partial charge in [0.25, 0.3) is 0 Å². The highest BCUT2D eigenvalue weighted by molar-refractivity contribution is 7.10. The van der Waals surface area contributed by atoms with E-state index in [9.17, 15) is 0 Å². The van der Waals surface area contributed by atoms with E-state index >= 15 is 0 Å². The highest BCUT2D eigenvalue weighted by Crippen LogP contribution is 2.22. The first-order valence-electron chi connectivity index (χ1n) is 5.57. The van der Waals surface area contributed by atoms with Crippen LogP contribution in [0.2, 0.25) is 0 Å². The molecule has 0 amide bonds. The van der Waals surface area contributed by atoms with Crippen LogP contribution >= 0.6 is 11.3 Å². The van der Waals surface area contributed by atoms with Crippen molar-refractivity contribution in [1.82, 2.24) is 15.3 Å². The van der Waals surface area contributed by atoms with Gasteiger partial charge >= 0.3 is 0 Å². The van der Waals surface area contributed by atoms with Gasteiger partial charge in [-0.2, -0.15) is 0 Å². The van der Waals surface area contributed by atoms with Gasteiger partial charge in [0.15, 0.2) is 0 Å². The number of hydrogen-bond acceptors (Lipinski definition) is 3. The summed E-state index contributed by atoms with van der Waals surface area (Å²) in [6, 6.07) is 4.73. The first kappa shape index (κ1) is 11.4. The number of imidazole rings is 1. The van der Waals surface area contributed by atoms with Crippen LogP contribution in [0, 0.1) is 6.92 Å². The van der Waals surface area contributed by atoms with Crippen LogP contribution in [0.1, 0.15) is 35.7 Å². The van der Waals surface area contributed by atoms with Crippen LogP contribution in [0.4, 0.5) is 0 Å². The molecule has 1 atom stereocenters. The Morgan fingerprint density at radius 2 is 2.44 bits per heavy atom. The molecule has 3 nitrogen and oxygen atoms in total. The maximum atomic E-state index is 4.29. The van der Waals surface area contributed by atoms with Crippen LogP contribution in [-0.2, 0) is 6.54 Å². The monoisotopic (exact) mass is 235 g/mol. The number of aryl methyl sites for hydroxylation is 1. The third-order valence-corrected chi connectivity index (χ3v) is 3.73. The van der Waals surface area contributed by atoms with E-state index in [4.69, 9.17) is 0 Å². The lowest BCUT2D eigenvalue weighted by Gasteiger charge is -2.14. The first-order valence-corrected chi connectivity index (χ1v) is 6.45. The molecule has 0 aliphatic rings. The fraction of sp³-hybridized carbons (Fsp3) is 0.417. The van der Waals surface area contributed by atoms with Crippen molar-refractivity contribution in [3.05, 3.63) is 40.1 Å². The zero-order valence-electron chi connectivity index (χ0n) is 9.66. The molecule has 0 aliphatic heterocycles. The van der Waals surface area contributed by atoms with Crippen molar-refractivity contribution < 1.29 is 0 Å². The van der Waals surface area contributed by atoms with Gasteiger partial charge in [-0.15, -0.1) is 11.3 Å². The van der Waals surface area contributed by atoms with Crippen LogP contribution in [-0.4, -0.2) is 9.97 Å². The molecule has 0 spiro atoms. The van der Waals surface area contributed by atoms with Crippen LogP contribution in [0.5, 0.6) is 0 Å². The topological polar surface area (TPSA) is 40.7 Å². The predicted molar refractivity (Wildman–Crippen MR) is 67.5 cm³/mol. The standard InChI is InChI=1S/C12H17N3S/c1-3-10(12-5-4-6-16-12)13-7-11-9(2)14-8-15-11/h4-6,8,10,13H,3,7H2,1-2H3,(H,14,15). The molecule has 0 fully saturated rings. The van der Waals surface area contributed by atoms with Gasteiger partial charge in [-0.1, -0.05) is 13.0 Å². The van der Waals surface area contributed by atoms with Crippen LogP contribution in [0.15, 0.2) is 23.8 Å². The SMILES string of the molecule is CCC(NCc1nc[nH]c1C)c1cccs1. The lowest BCUT2D eigenvalue weighted by Crippen LogP contribution is -2.20. The molecule has 2 heterocycles. The number of nitrogens with one attached hydrogen (secondary N) is 2. The Hall–Kier alpha value is -1.13. The van der Waals surface area contributed by atoms with Gasteiger partial charge in [-0.25, -0.2) is 4.98 Å². The summed E-state index contributed by atoms with van der Waals surface area (Å²) in [6.07, 6.45) is 2.85. The Balaban J connectivity index is 1.96. The van der Waals surface area contributed by atoms with Gasteiger partial charge < -0.3 is 10.3 Å². The number of hydrogen-bond donors (Lipinski definition) is 2. The Morgan fingerprint density at radius 1 is 1.56 bits per heavy atom. The number of nitrogens with zero attached hydrogens (tertiary/aromatic N) is 1. The van der Waals surface area contributed by atoms with E-state index in [1.807, 2.05) is 0 Å². The van der Waals surface area contributed by atoms with Crippen molar-refractivity contribution >= 4 is 11.3 Å². The van der Waals surface area contributed by atoms with Crippen molar-refractivity contribution in [2.45, 2.75) is 32.9 Å². The van der Waals surface area contributed by atoms with Crippen molar-refractivity contribution in [1.29, 1.82) is 0 Å². The second-order valence-electron chi connectivity index (χ2n) is 3.83. The molecule has 2 N–H and O–H groups in total. The zero-order chi connectivity index (χ0) is 11.4. The van der Waals surface area contributed by atoms with E-state index < -0.39 is 0 Å². The Morgan fingerprint density at radius 3 is 3.00 bits per heavy atom. The minimum absolute atomic E-state index is 0.441. The smallest absolute Gasteiger partial charge is 0.0925 e. The van der Waals surface area contributed by atoms with Crippen molar-refractivity contribution in [3.63, 3.8) is 0 Å². The third kappa shape index (κ3) is 2.51. The molecule has 0 aliphatic carbocycles. The fourth-order valence-electron chi connectivity index (χ4n) is 1.72. The number of aromatic amines is 1. The van der Waals surface area contributed by atoms with Gasteiger partial charge in [0.1, 0.15) is 0 Å². The first-order chi connectivity index (χ1) is 7.81. The van der Waals surface area contributed by atoms with E-state index in [0.717, 1.165) is 24.4 Å². The highest BCUT2D eigenvalue weighted by atomic mass is 32.1. The van der Waals surface area contributed by atoms with Crippen LogP contribution in [0.25, 0.3) is 0 Å². The molecule has 1 unspecified atom stereocenters. The minimum atomic E-state index is 0.441. The molecule has 16 heavy (non-hydrogen) atoms. The van der Waals surface area contributed by atoms with Gasteiger partial charge in [-0.05, 0) is 24.8 Å². The lowest BCUT2D eigenvalue weighted by molar-refractivity contribution is 0.521. The maximum Gasteiger partial charge on any atom is 0.0925 e. The number of H-pyrrole nitrogens is 1. The Bertz CT molecular complexity index is 419. The average Bonchev–Trinajstić information content (AvgIpc) is 2.92. The summed E-state index contributed by atoms with van der Waals surface area (Å²) in [6.45, 7) is 5.08. The molecule has 0 bridgehead atoms. The molecule has 2 aromatic heterocycles. The summed E-state index contributed by atoms with van der Waals surface area (Å²) in [5, 5.41) is 5.67. The number of thiophene rings is 1. The van der Waals surface area contributed by atoms with Gasteiger partial charge in [0, 0.05) is 23.2 Å².